The average molecular weight is 168 g/mol. The van der Waals surface area contributed by atoms with E-state index in [4.69, 9.17) is 10.4 Å². The summed E-state index contributed by atoms with van der Waals surface area (Å²) in [6, 6.07) is 0. The van der Waals surface area contributed by atoms with E-state index in [1.807, 2.05) is 0 Å². The minimum absolute atomic E-state index is 0.348. The van der Waals surface area contributed by atoms with Gasteiger partial charge in [-0.25, -0.2) is 0 Å². The fourth-order valence-corrected chi connectivity index (χ4v) is 0.353. The third kappa shape index (κ3) is 7.58. The van der Waals surface area contributed by atoms with Gasteiger partial charge < -0.3 is 20.8 Å². The van der Waals surface area contributed by atoms with Crippen molar-refractivity contribution in [1.82, 2.24) is 10.8 Å². The summed E-state index contributed by atoms with van der Waals surface area (Å²) in [4.78, 5) is 7.97. The minimum atomic E-state index is -0.832. The van der Waals surface area contributed by atoms with Crippen LogP contribution in [0.15, 0.2) is 0 Å². The Morgan fingerprint density at radius 2 is 1.91 bits per heavy atom. The van der Waals surface area contributed by atoms with Gasteiger partial charge in [0.1, 0.15) is 6.10 Å². The Bertz CT molecular complexity index is 97.8. The summed E-state index contributed by atoms with van der Waals surface area (Å²) in [5.74, 6) is 0. The van der Waals surface area contributed by atoms with E-state index in [0.717, 1.165) is 0 Å². The van der Waals surface area contributed by atoms with Gasteiger partial charge in [0, 0.05) is 0 Å². The molecule has 0 aliphatic rings. The summed E-state index contributed by atoms with van der Waals surface area (Å²) < 4.78 is 0. The molecule has 0 saturated carbocycles. The highest BCUT2D eigenvalue weighted by Crippen LogP contribution is 1.94. The van der Waals surface area contributed by atoms with Crippen molar-refractivity contribution in [2.24, 2.45) is 0 Å². The van der Waals surface area contributed by atoms with Crippen molar-refractivity contribution in [2.45, 2.75) is 13.0 Å². The fraction of sp³-hybridized carbons (Fsp3) is 1.00. The third-order valence-corrected chi connectivity index (χ3v) is 0.690. The molecule has 68 valence electrons. The van der Waals surface area contributed by atoms with E-state index in [0.29, 0.717) is 0 Å². The van der Waals surface area contributed by atoms with E-state index in [9.17, 15) is 10.4 Å². The number of rotatable bonds is 5. The molecule has 0 saturated heterocycles. The van der Waals surface area contributed by atoms with Crippen LogP contribution in [0.3, 0.4) is 0 Å². The molecular weight excluding hydrogens is 160 g/mol. The molecular formula is C3H8N2O6-2. The largest absolute Gasteiger partial charge is 0.738 e. The molecule has 0 unspecified atom stereocenters. The zero-order valence-corrected chi connectivity index (χ0v) is 5.71. The van der Waals surface area contributed by atoms with E-state index in [2.05, 4.69) is 9.68 Å². The lowest BCUT2D eigenvalue weighted by Gasteiger charge is -2.25. The third-order valence-electron chi connectivity index (χ3n) is 0.690. The van der Waals surface area contributed by atoms with Crippen LogP contribution in [0, 0.1) is 10.4 Å². The highest BCUT2D eigenvalue weighted by atomic mass is 17.1. The summed E-state index contributed by atoms with van der Waals surface area (Å²) in [6.45, 7) is 1.00. The van der Waals surface area contributed by atoms with Gasteiger partial charge in [0.05, 0.1) is 6.61 Å². The molecule has 0 heterocycles. The van der Waals surface area contributed by atoms with Crippen molar-refractivity contribution >= 4 is 0 Å². The van der Waals surface area contributed by atoms with Gasteiger partial charge in [-0.15, -0.1) is 10.8 Å². The molecule has 0 radical (unpaired) electrons. The first kappa shape index (κ1) is 10.7. The van der Waals surface area contributed by atoms with Gasteiger partial charge >= 0.3 is 0 Å². The quantitative estimate of drug-likeness (QED) is 0.534. The average Bonchev–Trinajstić information content (AvgIpc) is 1.82. The summed E-state index contributed by atoms with van der Waals surface area (Å²) in [7, 11) is 0. The summed E-state index contributed by atoms with van der Waals surface area (Å²) >= 11 is 0. The van der Waals surface area contributed by atoms with Crippen molar-refractivity contribution in [3.63, 3.8) is 0 Å². The lowest BCUT2D eigenvalue weighted by atomic mass is 10.5. The molecule has 0 amide bonds. The highest BCUT2D eigenvalue weighted by molar-refractivity contribution is 4.42. The summed E-state index contributed by atoms with van der Waals surface area (Å²) in [5, 5.41) is 33.7. The first-order chi connectivity index (χ1) is 5.02. The molecule has 8 nitrogen and oxygen atoms in total. The number of hydrogen-bond donors (Lipinski definition) is 2. The molecule has 0 fully saturated rings. The van der Waals surface area contributed by atoms with E-state index in [-0.39, 0.29) is 6.61 Å². The van der Waals surface area contributed by atoms with E-state index >= 15 is 0 Å². The Morgan fingerprint density at radius 3 is 2.27 bits per heavy atom. The van der Waals surface area contributed by atoms with Gasteiger partial charge in [-0.05, 0) is 6.92 Å². The molecule has 0 spiro atoms. The second-order valence-electron chi connectivity index (χ2n) is 1.69. The Kier molecular flexibility index (Phi) is 5.19. The van der Waals surface area contributed by atoms with Crippen LogP contribution < -0.4 is 0 Å². The highest BCUT2D eigenvalue weighted by Gasteiger charge is 2.02. The molecule has 0 aromatic heterocycles. The molecule has 0 aromatic rings. The standard InChI is InChI=1S/C3H8N2O6/c1-3(11-5(8)9)2-10-4(6)7/h3,6,8H,2H2,1H3/q-2/t3-/m1/s1. The normalized spacial score (nSPS) is 14.5. The Labute approximate surface area is 62.1 Å². The van der Waals surface area contributed by atoms with Crippen molar-refractivity contribution < 1.29 is 20.1 Å². The van der Waals surface area contributed by atoms with E-state index in [1.165, 1.54) is 6.92 Å². The molecule has 0 bridgehead atoms. The van der Waals surface area contributed by atoms with Gasteiger partial charge in [0.2, 0.25) is 0 Å². The Balaban J connectivity index is 3.29. The minimum Gasteiger partial charge on any atom is -0.738 e. The van der Waals surface area contributed by atoms with E-state index in [1.54, 1.807) is 0 Å². The summed E-state index contributed by atoms with van der Waals surface area (Å²) in [6.07, 6.45) is -0.832. The van der Waals surface area contributed by atoms with Crippen molar-refractivity contribution in [3.05, 3.63) is 10.4 Å². The molecule has 0 aliphatic heterocycles. The summed E-state index contributed by atoms with van der Waals surface area (Å²) in [5.41, 5.74) is 0. The molecule has 0 aliphatic carbocycles. The number of nitrogens with zero attached hydrogens (tertiary/aromatic N) is 2. The first-order valence-electron chi connectivity index (χ1n) is 2.64. The van der Waals surface area contributed by atoms with Crippen LogP contribution in [0.2, 0.25) is 0 Å². The maximum Gasteiger partial charge on any atom is 0.103 e. The second-order valence-corrected chi connectivity index (χ2v) is 1.69. The molecule has 2 N–H and O–H groups in total. The molecule has 0 rings (SSSR count). The van der Waals surface area contributed by atoms with Gasteiger partial charge in [-0.1, -0.05) is 0 Å². The van der Waals surface area contributed by atoms with Crippen LogP contribution in [-0.4, -0.2) is 33.9 Å². The maximum atomic E-state index is 9.74. The lowest BCUT2D eigenvalue weighted by molar-refractivity contribution is -0.359. The number of hydrogen-bond acceptors (Lipinski definition) is 8. The van der Waals surface area contributed by atoms with E-state index < -0.39 is 16.9 Å². The van der Waals surface area contributed by atoms with Crippen LogP contribution in [0.1, 0.15) is 6.92 Å². The fourth-order valence-electron chi connectivity index (χ4n) is 0.353. The molecule has 11 heavy (non-hydrogen) atoms. The van der Waals surface area contributed by atoms with Crippen LogP contribution in [0.4, 0.5) is 0 Å². The molecule has 8 heteroatoms. The van der Waals surface area contributed by atoms with Gasteiger partial charge in [0.25, 0.3) is 0 Å². The zero-order chi connectivity index (χ0) is 8.85. The van der Waals surface area contributed by atoms with Gasteiger partial charge in [-0.3, -0.25) is 9.68 Å². The van der Waals surface area contributed by atoms with Crippen molar-refractivity contribution in [3.8, 4) is 0 Å². The van der Waals surface area contributed by atoms with Crippen molar-refractivity contribution in [1.29, 1.82) is 0 Å². The van der Waals surface area contributed by atoms with Crippen LogP contribution in [0.5, 0.6) is 0 Å². The maximum absolute atomic E-state index is 9.74. The zero-order valence-electron chi connectivity index (χ0n) is 5.71. The van der Waals surface area contributed by atoms with Crippen LogP contribution >= 0.6 is 0 Å². The van der Waals surface area contributed by atoms with Crippen LogP contribution in [-0.2, 0) is 9.68 Å². The monoisotopic (exact) mass is 168 g/mol. The predicted molar refractivity (Wildman–Crippen MR) is 30.5 cm³/mol. The second kappa shape index (κ2) is 5.35. The topological polar surface area (TPSA) is 112 Å². The van der Waals surface area contributed by atoms with Gasteiger partial charge in [-0.2, -0.15) is 0 Å². The SMILES string of the molecule is C[C@H](CON([O-])O)ON([O-])O. The Hall–Kier alpha value is -0.320. The smallest absolute Gasteiger partial charge is 0.103 e. The predicted octanol–water partition coefficient (Wildman–Crippen LogP) is -0.384. The molecule has 0 aromatic carbocycles. The molecule has 1 atom stereocenters. The first-order valence-corrected chi connectivity index (χ1v) is 2.64. The Morgan fingerprint density at radius 1 is 1.36 bits per heavy atom. The van der Waals surface area contributed by atoms with Gasteiger partial charge in [0.15, 0.2) is 0 Å². The van der Waals surface area contributed by atoms with Crippen LogP contribution in [0.25, 0.3) is 0 Å². The van der Waals surface area contributed by atoms with Crippen molar-refractivity contribution in [2.75, 3.05) is 6.61 Å². The lowest BCUT2D eigenvalue weighted by Crippen LogP contribution is -2.26.